The first kappa shape index (κ1) is 12.4. The summed E-state index contributed by atoms with van der Waals surface area (Å²) in [5.74, 6) is 2.23. The van der Waals surface area contributed by atoms with E-state index >= 15 is 0 Å². The van der Waals surface area contributed by atoms with Crippen LogP contribution in [0.3, 0.4) is 0 Å². The molecular weight excluding hydrogens is 238 g/mol. The number of rotatable bonds is 4. The van der Waals surface area contributed by atoms with Gasteiger partial charge >= 0.3 is 0 Å². The smallest absolute Gasteiger partial charge is 0.153 e. The van der Waals surface area contributed by atoms with Crippen molar-refractivity contribution in [1.29, 1.82) is 0 Å². The molecule has 0 bridgehead atoms. The second-order valence-electron chi connectivity index (χ2n) is 5.21. The summed E-state index contributed by atoms with van der Waals surface area (Å²) in [6, 6.07) is 4.60. The van der Waals surface area contributed by atoms with Gasteiger partial charge in [-0.15, -0.1) is 10.2 Å². The predicted octanol–water partition coefficient (Wildman–Crippen LogP) is 1.74. The Morgan fingerprint density at radius 2 is 2.26 bits per heavy atom. The van der Waals surface area contributed by atoms with Crippen LogP contribution in [0.15, 0.2) is 18.3 Å². The average Bonchev–Trinajstić information content (AvgIpc) is 3.06. The fourth-order valence-corrected chi connectivity index (χ4v) is 2.75. The van der Waals surface area contributed by atoms with Gasteiger partial charge in [-0.25, -0.2) is 0 Å². The number of nitrogens with zero attached hydrogens (tertiary/aromatic N) is 4. The van der Waals surface area contributed by atoms with Crippen molar-refractivity contribution in [3.63, 3.8) is 0 Å². The van der Waals surface area contributed by atoms with Crippen LogP contribution in [0.2, 0.25) is 0 Å². The van der Waals surface area contributed by atoms with Crippen molar-refractivity contribution < 1.29 is 0 Å². The molecule has 1 aliphatic rings. The highest BCUT2D eigenvalue weighted by Gasteiger charge is 2.17. The van der Waals surface area contributed by atoms with E-state index in [-0.39, 0.29) is 0 Å². The Morgan fingerprint density at radius 3 is 3.11 bits per heavy atom. The monoisotopic (exact) mass is 259 g/mol. The molecule has 5 heteroatoms. The fourth-order valence-electron chi connectivity index (χ4n) is 2.75. The van der Waals surface area contributed by atoms with Crippen LogP contribution < -0.4 is 5.32 Å². The Hall–Kier alpha value is -1.62. The molecule has 0 aromatic carbocycles. The highest BCUT2D eigenvalue weighted by molar-refractivity contribution is 5.13. The van der Waals surface area contributed by atoms with Gasteiger partial charge in [-0.2, -0.15) is 0 Å². The van der Waals surface area contributed by atoms with E-state index in [4.69, 9.17) is 0 Å². The number of hydrogen-bond acceptors (Lipinski definition) is 3. The van der Waals surface area contributed by atoms with Crippen molar-refractivity contribution in [2.45, 2.75) is 45.3 Å². The van der Waals surface area contributed by atoms with Crippen molar-refractivity contribution in [3.05, 3.63) is 35.7 Å². The maximum absolute atomic E-state index is 4.37. The van der Waals surface area contributed by atoms with Gasteiger partial charge in [-0.3, -0.25) is 0 Å². The first-order valence-electron chi connectivity index (χ1n) is 7.03. The second-order valence-corrected chi connectivity index (χ2v) is 5.21. The number of hydrogen-bond donors (Lipinski definition) is 1. The molecule has 0 spiro atoms. The maximum atomic E-state index is 4.37. The normalized spacial score (nSPS) is 16.3. The summed E-state index contributed by atoms with van der Waals surface area (Å²) in [5, 5.41) is 12.0. The van der Waals surface area contributed by atoms with E-state index in [1.54, 1.807) is 0 Å². The minimum absolute atomic E-state index is 0.346. The lowest BCUT2D eigenvalue weighted by Crippen LogP contribution is -2.19. The summed E-state index contributed by atoms with van der Waals surface area (Å²) >= 11 is 0. The van der Waals surface area contributed by atoms with Crippen LogP contribution in [0.1, 0.15) is 43.1 Å². The Kier molecular flexibility index (Phi) is 3.38. The Labute approximate surface area is 113 Å². The van der Waals surface area contributed by atoms with E-state index < -0.39 is 0 Å². The zero-order valence-electron chi connectivity index (χ0n) is 11.6. The van der Waals surface area contributed by atoms with Gasteiger partial charge in [0.05, 0.1) is 6.54 Å². The molecule has 5 nitrogen and oxygen atoms in total. The largest absolute Gasteiger partial charge is 0.342 e. The van der Waals surface area contributed by atoms with Crippen LogP contribution in [-0.4, -0.2) is 26.4 Å². The predicted molar refractivity (Wildman–Crippen MR) is 74.0 cm³/mol. The SMILES string of the molecule is CNC(C)c1cccn1Cc1nnc2n1CCCC2. The third kappa shape index (κ3) is 2.30. The van der Waals surface area contributed by atoms with Crippen molar-refractivity contribution in [3.8, 4) is 0 Å². The third-order valence-electron chi connectivity index (χ3n) is 3.99. The van der Waals surface area contributed by atoms with Crippen LogP contribution in [0.25, 0.3) is 0 Å². The summed E-state index contributed by atoms with van der Waals surface area (Å²) in [5.41, 5.74) is 1.29. The molecule has 102 valence electrons. The molecule has 1 unspecified atom stereocenters. The molecule has 2 aromatic rings. The number of aryl methyl sites for hydroxylation is 1. The number of nitrogens with one attached hydrogen (secondary N) is 1. The van der Waals surface area contributed by atoms with Crippen LogP contribution in [0, 0.1) is 0 Å². The van der Waals surface area contributed by atoms with Crippen molar-refractivity contribution in [2.75, 3.05) is 7.05 Å². The van der Waals surface area contributed by atoms with Crippen LogP contribution in [-0.2, 0) is 19.5 Å². The third-order valence-corrected chi connectivity index (χ3v) is 3.99. The summed E-state index contributed by atoms with van der Waals surface area (Å²) < 4.78 is 4.55. The minimum atomic E-state index is 0.346. The molecule has 0 fully saturated rings. The van der Waals surface area contributed by atoms with E-state index in [0.29, 0.717) is 6.04 Å². The molecule has 3 heterocycles. The maximum Gasteiger partial charge on any atom is 0.153 e. The van der Waals surface area contributed by atoms with E-state index in [0.717, 1.165) is 31.2 Å². The Balaban J connectivity index is 1.86. The van der Waals surface area contributed by atoms with E-state index in [1.165, 1.54) is 18.5 Å². The lowest BCUT2D eigenvalue weighted by molar-refractivity contribution is 0.496. The Bertz CT molecular complexity index is 554. The molecule has 0 aliphatic carbocycles. The van der Waals surface area contributed by atoms with Crippen LogP contribution in [0.5, 0.6) is 0 Å². The molecule has 1 atom stereocenters. The van der Waals surface area contributed by atoms with Crippen LogP contribution >= 0.6 is 0 Å². The van der Waals surface area contributed by atoms with Gasteiger partial charge in [-0.05, 0) is 38.9 Å². The highest BCUT2D eigenvalue weighted by Crippen LogP contribution is 2.18. The molecule has 1 aliphatic heterocycles. The zero-order chi connectivity index (χ0) is 13.2. The zero-order valence-corrected chi connectivity index (χ0v) is 11.6. The number of fused-ring (bicyclic) bond motifs is 1. The van der Waals surface area contributed by atoms with E-state index in [1.807, 2.05) is 7.05 Å². The van der Waals surface area contributed by atoms with Crippen molar-refractivity contribution >= 4 is 0 Å². The van der Waals surface area contributed by atoms with Gasteiger partial charge in [0.25, 0.3) is 0 Å². The van der Waals surface area contributed by atoms with Crippen LogP contribution in [0.4, 0.5) is 0 Å². The van der Waals surface area contributed by atoms with Gasteiger partial charge in [0.15, 0.2) is 5.82 Å². The molecule has 0 radical (unpaired) electrons. The molecular formula is C14H21N5. The highest BCUT2D eigenvalue weighted by atomic mass is 15.3. The fraction of sp³-hybridized carbons (Fsp3) is 0.571. The lowest BCUT2D eigenvalue weighted by Gasteiger charge is -2.17. The topological polar surface area (TPSA) is 47.7 Å². The first-order valence-corrected chi connectivity index (χ1v) is 7.03. The number of aromatic nitrogens is 4. The van der Waals surface area contributed by atoms with Gasteiger partial charge in [0, 0.05) is 30.9 Å². The van der Waals surface area contributed by atoms with Gasteiger partial charge in [0.2, 0.25) is 0 Å². The first-order chi connectivity index (χ1) is 9.29. The quantitative estimate of drug-likeness (QED) is 0.910. The summed E-state index contributed by atoms with van der Waals surface area (Å²) in [6.07, 6.45) is 5.67. The van der Waals surface area contributed by atoms with Crippen molar-refractivity contribution in [2.24, 2.45) is 0 Å². The summed E-state index contributed by atoms with van der Waals surface area (Å²) in [6.45, 7) is 4.04. The van der Waals surface area contributed by atoms with Gasteiger partial charge in [0.1, 0.15) is 5.82 Å². The standard InChI is InChI=1S/C14H21N5/c1-11(15-2)12-6-5-8-18(12)10-14-17-16-13-7-3-4-9-19(13)14/h5-6,8,11,15H,3-4,7,9-10H2,1-2H3. The molecule has 0 saturated carbocycles. The second kappa shape index (κ2) is 5.17. The average molecular weight is 259 g/mol. The Morgan fingerprint density at radius 1 is 1.37 bits per heavy atom. The summed E-state index contributed by atoms with van der Waals surface area (Å²) in [7, 11) is 1.99. The van der Waals surface area contributed by atoms with E-state index in [2.05, 4.69) is 49.9 Å². The van der Waals surface area contributed by atoms with Gasteiger partial charge in [-0.1, -0.05) is 0 Å². The van der Waals surface area contributed by atoms with Gasteiger partial charge < -0.3 is 14.5 Å². The molecule has 0 saturated heterocycles. The molecule has 1 N–H and O–H groups in total. The molecule has 0 amide bonds. The molecule has 3 rings (SSSR count). The molecule has 2 aromatic heterocycles. The lowest BCUT2D eigenvalue weighted by atomic mass is 10.1. The van der Waals surface area contributed by atoms with E-state index in [9.17, 15) is 0 Å². The van der Waals surface area contributed by atoms with Crippen molar-refractivity contribution in [1.82, 2.24) is 24.6 Å². The molecule has 19 heavy (non-hydrogen) atoms. The minimum Gasteiger partial charge on any atom is -0.342 e. The summed E-state index contributed by atoms with van der Waals surface area (Å²) in [4.78, 5) is 0.